The Balaban J connectivity index is 2.13. The fraction of sp³-hybridized carbons (Fsp3) is 0.533. The number of aryl methyl sites for hydroxylation is 1. The predicted octanol–water partition coefficient (Wildman–Crippen LogP) is 2.91. The van der Waals surface area contributed by atoms with Crippen molar-refractivity contribution in [2.24, 2.45) is 5.41 Å². The van der Waals surface area contributed by atoms with Crippen LogP contribution in [-0.2, 0) is 6.42 Å². The summed E-state index contributed by atoms with van der Waals surface area (Å²) in [5.74, 6) is 0.321. The van der Waals surface area contributed by atoms with Crippen molar-refractivity contribution in [3.8, 4) is 11.8 Å². The van der Waals surface area contributed by atoms with Crippen LogP contribution in [0.1, 0.15) is 43.9 Å². The molecule has 0 spiro atoms. The van der Waals surface area contributed by atoms with Crippen LogP contribution in [0, 0.1) is 16.7 Å². The van der Waals surface area contributed by atoms with Crippen molar-refractivity contribution < 1.29 is 5.11 Å². The molecule has 2 rings (SSSR count). The Morgan fingerprint density at radius 2 is 2.28 bits per heavy atom. The van der Waals surface area contributed by atoms with E-state index in [9.17, 15) is 5.11 Å². The summed E-state index contributed by atoms with van der Waals surface area (Å²) in [7, 11) is 0. The number of aromatic hydroxyl groups is 1. The maximum atomic E-state index is 9.60. The van der Waals surface area contributed by atoms with Gasteiger partial charge in [0.2, 0.25) is 0 Å². The highest BCUT2D eigenvalue weighted by Gasteiger charge is 2.23. The van der Waals surface area contributed by atoms with E-state index in [4.69, 9.17) is 5.26 Å². The van der Waals surface area contributed by atoms with E-state index in [1.165, 1.54) is 11.1 Å². The minimum atomic E-state index is -0.353. The van der Waals surface area contributed by atoms with Crippen LogP contribution in [0.3, 0.4) is 0 Å². The molecule has 0 aromatic heterocycles. The van der Waals surface area contributed by atoms with E-state index >= 15 is 0 Å². The van der Waals surface area contributed by atoms with Crippen LogP contribution in [0.2, 0.25) is 0 Å². The third-order valence-corrected chi connectivity index (χ3v) is 3.54. The van der Waals surface area contributed by atoms with Crippen LogP contribution >= 0.6 is 0 Å². The van der Waals surface area contributed by atoms with Crippen molar-refractivity contribution in [3.63, 3.8) is 0 Å². The first kappa shape index (κ1) is 12.9. The van der Waals surface area contributed by atoms with Gasteiger partial charge in [-0.25, -0.2) is 0 Å². The number of nitrogens with zero attached hydrogens (tertiary/aromatic N) is 1. The summed E-state index contributed by atoms with van der Waals surface area (Å²) in [4.78, 5) is 0. The first-order chi connectivity index (χ1) is 8.52. The molecule has 18 heavy (non-hydrogen) atoms. The van der Waals surface area contributed by atoms with Crippen molar-refractivity contribution >= 4 is 0 Å². The van der Waals surface area contributed by atoms with Crippen LogP contribution in [0.25, 0.3) is 0 Å². The summed E-state index contributed by atoms with van der Waals surface area (Å²) in [6.45, 7) is 4.54. The van der Waals surface area contributed by atoms with E-state index in [0.717, 1.165) is 19.3 Å². The van der Waals surface area contributed by atoms with Gasteiger partial charge in [-0.2, -0.15) is 5.26 Å². The van der Waals surface area contributed by atoms with Crippen molar-refractivity contribution in [2.75, 3.05) is 6.54 Å². The summed E-state index contributed by atoms with van der Waals surface area (Å²) < 4.78 is 0. The van der Waals surface area contributed by atoms with Crippen molar-refractivity contribution in [1.82, 2.24) is 5.32 Å². The van der Waals surface area contributed by atoms with Gasteiger partial charge in [-0.15, -0.1) is 0 Å². The van der Waals surface area contributed by atoms with Crippen LogP contribution in [0.15, 0.2) is 18.2 Å². The highest BCUT2D eigenvalue weighted by molar-refractivity contribution is 5.38. The molecule has 0 heterocycles. The highest BCUT2D eigenvalue weighted by atomic mass is 16.3. The van der Waals surface area contributed by atoms with Gasteiger partial charge in [-0.3, -0.25) is 0 Å². The van der Waals surface area contributed by atoms with Crippen LogP contribution in [-0.4, -0.2) is 11.7 Å². The minimum Gasteiger partial charge on any atom is -0.508 e. The van der Waals surface area contributed by atoms with Gasteiger partial charge in [0, 0.05) is 12.6 Å². The first-order valence-corrected chi connectivity index (χ1v) is 6.48. The SMILES string of the molecule is CC(C)(C#N)CNC1CCCc2ccc(O)cc21. The van der Waals surface area contributed by atoms with Crippen molar-refractivity contribution in [3.05, 3.63) is 29.3 Å². The molecule has 0 amide bonds. The summed E-state index contributed by atoms with van der Waals surface area (Å²) in [5, 5.41) is 22.1. The third-order valence-electron chi connectivity index (χ3n) is 3.54. The summed E-state index contributed by atoms with van der Waals surface area (Å²) in [6, 6.07) is 8.17. The Labute approximate surface area is 108 Å². The molecule has 0 aliphatic heterocycles. The molecule has 0 saturated carbocycles. The summed E-state index contributed by atoms with van der Waals surface area (Å²) in [6.07, 6.45) is 3.30. The zero-order valence-electron chi connectivity index (χ0n) is 11.0. The molecule has 0 radical (unpaired) electrons. The Hall–Kier alpha value is -1.53. The Bertz CT molecular complexity index is 474. The maximum absolute atomic E-state index is 9.60. The molecule has 1 unspecified atom stereocenters. The lowest BCUT2D eigenvalue weighted by Crippen LogP contribution is -2.33. The molecular weight excluding hydrogens is 224 g/mol. The zero-order chi connectivity index (χ0) is 13.2. The van der Waals surface area contributed by atoms with E-state index < -0.39 is 0 Å². The Morgan fingerprint density at radius 1 is 1.50 bits per heavy atom. The number of phenolic OH excluding ortho intramolecular Hbond substituents is 1. The Kier molecular flexibility index (Phi) is 3.58. The second-order valence-electron chi connectivity index (χ2n) is 5.70. The lowest BCUT2D eigenvalue weighted by Gasteiger charge is -2.29. The van der Waals surface area contributed by atoms with E-state index in [-0.39, 0.29) is 11.5 Å². The van der Waals surface area contributed by atoms with Gasteiger partial charge in [-0.05, 0) is 56.4 Å². The number of nitrogens with one attached hydrogen (secondary N) is 1. The second-order valence-corrected chi connectivity index (χ2v) is 5.70. The molecule has 0 fully saturated rings. The van der Waals surface area contributed by atoms with E-state index in [2.05, 4.69) is 11.4 Å². The minimum absolute atomic E-state index is 0.258. The van der Waals surface area contributed by atoms with E-state index in [1.54, 1.807) is 6.07 Å². The van der Waals surface area contributed by atoms with Gasteiger partial charge in [-0.1, -0.05) is 6.07 Å². The molecule has 3 heteroatoms. The highest BCUT2D eigenvalue weighted by Crippen LogP contribution is 2.32. The number of nitriles is 1. The summed E-state index contributed by atoms with van der Waals surface area (Å²) >= 11 is 0. The molecule has 2 N–H and O–H groups in total. The van der Waals surface area contributed by atoms with Crippen molar-refractivity contribution in [2.45, 2.75) is 39.2 Å². The van der Waals surface area contributed by atoms with Gasteiger partial charge in [0.25, 0.3) is 0 Å². The van der Waals surface area contributed by atoms with Gasteiger partial charge in [0.15, 0.2) is 0 Å². The lowest BCUT2D eigenvalue weighted by atomic mass is 9.86. The summed E-state index contributed by atoms with van der Waals surface area (Å²) in [5.41, 5.74) is 2.15. The fourth-order valence-electron chi connectivity index (χ4n) is 2.42. The molecule has 0 saturated heterocycles. The number of benzene rings is 1. The molecular formula is C15H20N2O. The molecule has 1 aromatic carbocycles. The molecule has 1 atom stereocenters. The average molecular weight is 244 g/mol. The van der Waals surface area contributed by atoms with Gasteiger partial charge in [0.1, 0.15) is 5.75 Å². The zero-order valence-corrected chi connectivity index (χ0v) is 11.0. The maximum Gasteiger partial charge on any atom is 0.115 e. The Morgan fingerprint density at radius 3 is 3.00 bits per heavy atom. The monoisotopic (exact) mass is 244 g/mol. The van der Waals surface area contributed by atoms with Crippen LogP contribution in [0.4, 0.5) is 0 Å². The van der Waals surface area contributed by atoms with Crippen LogP contribution < -0.4 is 5.32 Å². The lowest BCUT2D eigenvalue weighted by molar-refractivity contribution is 0.377. The van der Waals surface area contributed by atoms with Crippen molar-refractivity contribution in [1.29, 1.82) is 5.26 Å². The largest absolute Gasteiger partial charge is 0.508 e. The number of fused-ring (bicyclic) bond motifs is 1. The van der Waals surface area contributed by atoms with E-state index in [1.807, 2.05) is 26.0 Å². The normalized spacial score (nSPS) is 19.1. The quantitative estimate of drug-likeness (QED) is 0.859. The third kappa shape index (κ3) is 2.83. The molecule has 96 valence electrons. The number of hydrogen-bond acceptors (Lipinski definition) is 3. The number of hydrogen-bond donors (Lipinski definition) is 2. The molecule has 1 aliphatic carbocycles. The second kappa shape index (κ2) is 4.99. The fourth-order valence-corrected chi connectivity index (χ4v) is 2.42. The standard InChI is InChI=1S/C15H20N2O/c1-15(2,9-16)10-17-14-5-3-4-11-6-7-12(18)8-13(11)14/h6-8,14,17-18H,3-5,10H2,1-2H3. The van der Waals surface area contributed by atoms with Gasteiger partial charge in [0.05, 0.1) is 11.5 Å². The molecule has 3 nitrogen and oxygen atoms in total. The average Bonchev–Trinajstić information content (AvgIpc) is 2.36. The number of phenols is 1. The predicted molar refractivity (Wildman–Crippen MR) is 71.2 cm³/mol. The number of rotatable bonds is 3. The van der Waals surface area contributed by atoms with Gasteiger partial charge >= 0.3 is 0 Å². The molecule has 1 aromatic rings. The molecule has 1 aliphatic rings. The smallest absolute Gasteiger partial charge is 0.115 e. The first-order valence-electron chi connectivity index (χ1n) is 6.48. The van der Waals surface area contributed by atoms with Crippen LogP contribution in [0.5, 0.6) is 5.75 Å². The van der Waals surface area contributed by atoms with E-state index in [0.29, 0.717) is 12.3 Å². The van der Waals surface area contributed by atoms with Gasteiger partial charge < -0.3 is 10.4 Å². The molecule has 0 bridgehead atoms. The topological polar surface area (TPSA) is 56.0 Å².